The summed E-state index contributed by atoms with van der Waals surface area (Å²) in [6.07, 6.45) is -0.694. The molecule has 194 valence electrons. The highest BCUT2D eigenvalue weighted by molar-refractivity contribution is 8.03. The van der Waals surface area contributed by atoms with Crippen molar-refractivity contribution >= 4 is 41.2 Å². The molecule has 0 bridgehead atoms. The Morgan fingerprint density at radius 2 is 1.97 bits per heavy atom. The number of fused-ring (bicyclic) bond motifs is 1. The zero-order valence-corrected chi connectivity index (χ0v) is 21.4. The van der Waals surface area contributed by atoms with Crippen LogP contribution < -0.4 is 10.6 Å². The minimum absolute atomic E-state index is 0.0378. The number of anilines is 1. The average molecular weight is 518 g/mol. The lowest BCUT2D eigenvalue weighted by Crippen LogP contribution is -2.63. The lowest BCUT2D eigenvalue weighted by Gasteiger charge is -2.46. The number of β-lactam (4-membered cyclic amide) rings is 1. The number of hydrogen-bond acceptors (Lipinski definition) is 8. The predicted molar refractivity (Wildman–Crippen MR) is 133 cm³/mol. The van der Waals surface area contributed by atoms with Crippen LogP contribution in [0.25, 0.3) is 0 Å². The van der Waals surface area contributed by atoms with Gasteiger partial charge in [-0.3, -0.25) is 9.59 Å². The van der Waals surface area contributed by atoms with E-state index in [1.165, 1.54) is 28.8 Å². The highest BCUT2D eigenvalue weighted by atomic mass is 32.2. The quantitative estimate of drug-likeness (QED) is 0.300. The fourth-order valence-corrected chi connectivity index (χ4v) is 6.55. The predicted octanol–water partition coefficient (Wildman–Crippen LogP) is 1.81. The molecule has 36 heavy (non-hydrogen) atoms. The van der Waals surface area contributed by atoms with Gasteiger partial charge in [-0.2, -0.15) is 0 Å². The number of carbonyl (C=O) groups is 4. The average Bonchev–Trinajstić information content (AvgIpc) is 3.35. The van der Waals surface area contributed by atoms with Crippen LogP contribution in [0.1, 0.15) is 44.5 Å². The van der Waals surface area contributed by atoms with E-state index in [1.54, 1.807) is 32.9 Å². The van der Waals surface area contributed by atoms with Gasteiger partial charge in [0.25, 0.3) is 0 Å². The van der Waals surface area contributed by atoms with Crippen LogP contribution in [0, 0.1) is 11.8 Å². The number of aliphatic hydroxyl groups is 1. The van der Waals surface area contributed by atoms with Gasteiger partial charge in [0, 0.05) is 28.3 Å². The number of ether oxygens (including phenoxy) is 1. The topological polar surface area (TPSA) is 145 Å². The standard InChI is InChI=1S/C25H31N3O7S/c1-11(2)35-25(34)20-21(12(3)19-18(13(4)29)23(31)28(19)20)36-16-9-17(26-10-16)22(30)27-15-7-5-6-14(8-15)24(32)33/h5-8,11-13,16-19,26,29H,9-10H2,1-4H3,(H,27,30)(H,32,33)/t12-,13-,16+,17+,18-,19-/m1/s1. The maximum atomic E-state index is 13.0. The first-order valence-electron chi connectivity index (χ1n) is 12.0. The second-order valence-corrected chi connectivity index (χ2v) is 11.1. The Kier molecular flexibility index (Phi) is 7.44. The van der Waals surface area contributed by atoms with Crippen molar-refractivity contribution in [2.24, 2.45) is 11.8 Å². The van der Waals surface area contributed by atoms with Gasteiger partial charge in [0.15, 0.2) is 0 Å². The second kappa shape index (κ2) is 10.2. The molecule has 1 aromatic rings. The Hall–Kier alpha value is -2.89. The smallest absolute Gasteiger partial charge is 0.356 e. The number of benzene rings is 1. The lowest BCUT2D eigenvalue weighted by molar-refractivity contribution is -0.165. The van der Waals surface area contributed by atoms with Crippen LogP contribution in [0.3, 0.4) is 0 Å². The van der Waals surface area contributed by atoms with Crippen molar-refractivity contribution in [2.45, 2.75) is 63.7 Å². The summed E-state index contributed by atoms with van der Waals surface area (Å²) in [5.41, 5.74) is 0.723. The van der Waals surface area contributed by atoms with E-state index in [-0.39, 0.29) is 46.4 Å². The van der Waals surface area contributed by atoms with Crippen molar-refractivity contribution < 1.29 is 34.1 Å². The first-order chi connectivity index (χ1) is 17.0. The summed E-state index contributed by atoms with van der Waals surface area (Å²) < 4.78 is 5.44. The Bertz CT molecular complexity index is 1120. The minimum atomic E-state index is -1.08. The molecule has 3 heterocycles. The van der Waals surface area contributed by atoms with Crippen molar-refractivity contribution in [2.75, 3.05) is 11.9 Å². The number of carboxylic acid groups (broad SMARTS) is 1. The van der Waals surface area contributed by atoms with Crippen molar-refractivity contribution in [3.05, 3.63) is 40.4 Å². The molecule has 0 saturated carbocycles. The molecule has 2 saturated heterocycles. The monoisotopic (exact) mass is 517 g/mol. The number of esters is 1. The van der Waals surface area contributed by atoms with Gasteiger partial charge in [0.05, 0.1) is 35.8 Å². The molecule has 4 N–H and O–H groups in total. The molecule has 1 aromatic carbocycles. The fraction of sp³-hybridized carbons (Fsp3) is 0.520. The Balaban J connectivity index is 1.47. The van der Waals surface area contributed by atoms with Gasteiger partial charge in [-0.15, -0.1) is 11.8 Å². The van der Waals surface area contributed by atoms with E-state index in [2.05, 4.69) is 10.6 Å². The van der Waals surface area contributed by atoms with Crippen LogP contribution in [0.5, 0.6) is 0 Å². The van der Waals surface area contributed by atoms with Crippen LogP contribution in [-0.2, 0) is 19.1 Å². The zero-order chi connectivity index (χ0) is 26.3. The van der Waals surface area contributed by atoms with Gasteiger partial charge < -0.3 is 30.5 Å². The van der Waals surface area contributed by atoms with Gasteiger partial charge in [0.1, 0.15) is 5.70 Å². The maximum absolute atomic E-state index is 13.0. The number of nitrogens with zero attached hydrogens (tertiary/aromatic N) is 1. The molecular weight excluding hydrogens is 486 g/mol. The van der Waals surface area contributed by atoms with Crippen molar-refractivity contribution in [1.29, 1.82) is 0 Å². The molecule has 0 spiro atoms. The van der Waals surface area contributed by atoms with E-state index < -0.39 is 30.0 Å². The van der Waals surface area contributed by atoms with Crippen LogP contribution in [0.4, 0.5) is 5.69 Å². The third kappa shape index (κ3) is 4.87. The lowest BCUT2D eigenvalue weighted by atomic mass is 9.79. The van der Waals surface area contributed by atoms with Crippen molar-refractivity contribution in [1.82, 2.24) is 10.2 Å². The van der Waals surface area contributed by atoms with Crippen molar-refractivity contribution in [3.8, 4) is 0 Å². The number of carbonyl (C=O) groups excluding carboxylic acids is 3. The van der Waals surface area contributed by atoms with Gasteiger partial charge in [-0.25, -0.2) is 9.59 Å². The van der Waals surface area contributed by atoms with Crippen LogP contribution in [0.2, 0.25) is 0 Å². The SMILES string of the molecule is CC(C)OC(=O)C1=C(S[C@@H]2CN[C@H](C(=O)Nc3cccc(C(=O)O)c3)C2)[C@H](C)[C@@H]2[C@@H]([C@@H](C)O)C(=O)N12. The highest BCUT2D eigenvalue weighted by Crippen LogP contribution is 2.52. The maximum Gasteiger partial charge on any atom is 0.356 e. The molecule has 6 atom stereocenters. The van der Waals surface area contributed by atoms with E-state index >= 15 is 0 Å². The number of hydrogen-bond donors (Lipinski definition) is 4. The molecule has 4 rings (SSSR count). The Morgan fingerprint density at radius 3 is 2.61 bits per heavy atom. The summed E-state index contributed by atoms with van der Waals surface area (Å²) in [5.74, 6) is -2.92. The first-order valence-corrected chi connectivity index (χ1v) is 12.9. The van der Waals surface area contributed by atoms with Crippen LogP contribution in [-0.4, -0.2) is 75.0 Å². The number of aliphatic hydroxyl groups excluding tert-OH is 1. The third-order valence-electron chi connectivity index (χ3n) is 6.72. The molecule has 10 nitrogen and oxygen atoms in total. The first kappa shape index (κ1) is 26.2. The Labute approximate surface area is 213 Å². The van der Waals surface area contributed by atoms with E-state index in [1.807, 2.05) is 6.92 Å². The van der Waals surface area contributed by atoms with Crippen LogP contribution in [0.15, 0.2) is 34.9 Å². The molecule has 3 aliphatic heterocycles. The number of amides is 2. The summed E-state index contributed by atoms with van der Waals surface area (Å²) in [5, 5.41) is 25.2. The molecule has 0 radical (unpaired) electrons. The summed E-state index contributed by atoms with van der Waals surface area (Å²) in [6.45, 7) is 7.53. The van der Waals surface area contributed by atoms with Gasteiger partial charge in [-0.05, 0) is 45.4 Å². The van der Waals surface area contributed by atoms with Gasteiger partial charge in [0.2, 0.25) is 11.8 Å². The van der Waals surface area contributed by atoms with E-state index in [0.29, 0.717) is 18.7 Å². The number of rotatable bonds is 8. The zero-order valence-electron chi connectivity index (χ0n) is 20.6. The molecular formula is C25H31N3O7S. The Morgan fingerprint density at radius 1 is 1.25 bits per heavy atom. The van der Waals surface area contributed by atoms with E-state index in [0.717, 1.165) is 4.91 Å². The minimum Gasteiger partial charge on any atom is -0.478 e. The molecule has 2 fully saturated rings. The van der Waals surface area contributed by atoms with Gasteiger partial charge in [-0.1, -0.05) is 13.0 Å². The number of thioether (sulfide) groups is 1. The van der Waals surface area contributed by atoms with E-state index in [4.69, 9.17) is 9.84 Å². The highest BCUT2D eigenvalue weighted by Gasteiger charge is 2.60. The van der Waals surface area contributed by atoms with E-state index in [9.17, 15) is 24.3 Å². The molecule has 0 aromatic heterocycles. The summed E-state index contributed by atoms with van der Waals surface area (Å²) in [7, 11) is 0. The molecule has 2 amide bonds. The second-order valence-electron chi connectivity index (χ2n) is 9.73. The number of nitrogens with one attached hydrogen (secondary N) is 2. The summed E-state index contributed by atoms with van der Waals surface area (Å²) >= 11 is 1.47. The van der Waals surface area contributed by atoms with Crippen molar-refractivity contribution in [3.63, 3.8) is 0 Å². The molecule has 11 heteroatoms. The normalized spacial score (nSPS) is 28.1. The molecule has 3 aliphatic rings. The van der Waals surface area contributed by atoms with Gasteiger partial charge >= 0.3 is 11.9 Å². The summed E-state index contributed by atoms with van der Waals surface area (Å²) in [4.78, 5) is 52.0. The number of carboxylic acids is 1. The third-order valence-corrected chi connectivity index (χ3v) is 8.23. The number of aromatic carboxylic acids is 1. The fourth-order valence-electron chi connectivity index (χ4n) is 5.07. The molecule has 0 unspecified atom stereocenters. The summed E-state index contributed by atoms with van der Waals surface area (Å²) in [6, 6.07) is 5.25. The van der Waals surface area contributed by atoms with Crippen LogP contribution >= 0.6 is 11.8 Å². The largest absolute Gasteiger partial charge is 0.478 e. The molecule has 0 aliphatic carbocycles.